The number of benzene rings is 1. The fourth-order valence-corrected chi connectivity index (χ4v) is 4.63. The van der Waals surface area contributed by atoms with Crippen LogP contribution in [0.4, 0.5) is 0 Å². The summed E-state index contributed by atoms with van der Waals surface area (Å²) in [6, 6.07) is 10.6. The Hall–Kier alpha value is -1.28. The Balaban J connectivity index is 0.00000210. The van der Waals surface area contributed by atoms with Crippen molar-refractivity contribution in [2.24, 2.45) is 16.3 Å². The number of nitrogens with one attached hydrogen (secondary N) is 2. The van der Waals surface area contributed by atoms with E-state index in [1.165, 1.54) is 6.42 Å². The summed E-state index contributed by atoms with van der Waals surface area (Å²) in [5, 5.41) is 8.25. The number of guanidine groups is 1. The summed E-state index contributed by atoms with van der Waals surface area (Å²) >= 11 is 0. The summed E-state index contributed by atoms with van der Waals surface area (Å²) in [5.41, 5.74) is 1.03. The molecule has 2 N–H and O–H groups in total. The van der Waals surface area contributed by atoms with Gasteiger partial charge in [0, 0.05) is 36.4 Å². The Kier molecular flexibility index (Phi) is 6.05. The Morgan fingerprint density at radius 3 is 2.81 bits per heavy atom. The fourth-order valence-electron chi connectivity index (χ4n) is 4.63. The van der Waals surface area contributed by atoms with Crippen LogP contribution in [0.3, 0.4) is 0 Å². The Bertz CT molecular complexity index is 784. The minimum Gasteiger partial charge on any atom is -0.459 e. The second-order valence-corrected chi connectivity index (χ2v) is 8.17. The Morgan fingerprint density at radius 1 is 1.30 bits per heavy atom. The first-order chi connectivity index (χ1) is 12.5. The molecule has 1 aromatic heterocycles. The number of halogens is 1. The highest BCUT2D eigenvalue weighted by molar-refractivity contribution is 14.0. The highest BCUT2D eigenvalue weighted by atomic mass is 127. The number of para-hydroxylation sites is 1. The zero-order chi connectivity index (χ0) is 18.3. The number of furan rings is 1. The molecule has 27 heavy (non-hydrogen) atoms. The van der Waals surface area contributed by atoms with Gasteiger partial charge in [-0.1, -0.05) is 32.0 Å². The maximum Gasteiger partial charge on any atom is 0.191 e. The predicted molar refractivity (Wildman–Crippen MR) is 120 cm³/mol. The maximum atomic E-state index is 6.01. The lowest BCUT2D eigenvalue weighted by Crippen LogP contribution is -2.71. The smallest absolute Gasteiger partial charge is 0.191 e. The first-order valence-electron chi connectivity index (χ1n) is 9.60. The molecular weight excluding hydrogens is 453 g/mol. The van der Waals surface area contributed by atoms with E-state index in [1.807, 2.05) is 25.2 Å². The number of ether oxygens (including phenoxy) is 1. The van der Waals surface area contributed by atoms with Crippen molar-refractivity contribution in [2.75, 3.05) is 13.7 Å². The van der Waals surface area contributed by atoms with Crippen LogP contribution in [0, 0.1) is 11.3 Å². The molecule has 5 nitrogen and oxygen atoms in total. The van der Waals surface area contributed by atoms with E-state index < -0.39 is 0 Å². The fraction of sp³-hybridized carbons (Fsp3) is 0.571. The van der Waals surface area contributed by atoms with Crippen molar-refractivity contribution in [1.29, 1.82) is 0 Å². The number of rotatable bonds is 3. The molecule has 4 unspecified atom stereocenters. The molecule has 4 atom stereocenters. The zero-order valence-corrected chi connectivity index (χ0v) is 18.8. The SMILES string of the molecule is CN=C(NC(C)c1cc2ccccc2o1)NC1C2CCCOC2C1(C)C.I. The van der Waals surface area contributed by atoms with Crippen LogP contribution in [0.15, 0.2) is 39.7 Å². The standard InChI is InChI=1S/C21H29N3O2.HI/c1-13(17-12-14-8-5-6-10-16(14)26-17)23-20(22-4)24-18-15-9-7-11-25-19(15)21(18,2)3;/h5-6,8,10,12-13,15,18-19H,7,9,11H2,1-4H3,(H2,22,23,24);1H. The second-order valence-electron chi connectivity index (χ2n) is 8.17. The van der Waals surface area contributed by atoms with Crippen molar-refractivity contribution < 1.29 is 9.15 Å². The van der Waals surface area contributed by atoms with Crippen molar-refractivity contribution in [2.45, 2.75) is 51.8 Å². The molecule has 6 heteroatoms. The van der Waals surface area contributed by atoms with Gasteiger partial charge >= 0.3 is 0 Å². The molecule has 2 aromatic rings. The van der Waals surface area contributed by atoms with Gasteiger partial charge in [0.25, 0.3) is 0 Å². The summed E-state index contributed by atoms with van der Waals surface area (Å²) in [4.78, 5) is 4.44. The number of fused-ring (bicyclic) bond motifs is 2. The minimum atomic E-state index is 0. The van der Waals surface area contributed by atoms with E-state index in [9.17, 15) is 0 Å². The van der Waals surface area contributed by atoms with Gasteiger partial charge in [0.15, 0.2) is 5.96 Å². The van der Waals surface area contributed by atoms with Crippen LogP contribution in [0.25, 0.3) is 11.0 Å². The van der Waals surface area contributed by atoms with Gasteiger partial charge in [-0.15, -0.1) is 24.0 Å². The number of hydrogen-bond donors (Lipinski definition) is 2. The third-order valence-electron chi connectivity index (χ3n) is 6.07. The highest BCUT2D eigenvalue weighted by Gasteiger charge is 2.58. The zero-order valence-electron chi connectivity index (χ0n) is 16.5. The van der Waals surface area contributed by atoms with Crippen LogP contribution in [0.1, 0.15) is 45.4 Å². The number of hydrogen-bond acceptors (Lipinski definition) is 3. The summed E-state index contributed by atoms with van der Waals surface area (Å²) in [7, 11) is 1.82. The van der Waals surface area contributed by atoms with Gasteiger partial charge in [-0.2, -0.15) is 0 Å². The van der Waals surface area contributed by atoms with E-state index >= 15 is 0 Å². The molecule has 148 valence electrons. The molecule has 1 aromatic carbocycles. The minimum absolute atomic E-state index is 0. The average Bonchev–Trinajstić information content (AvgIpc) is 3.09. The van der Waals surface area contributed by atoms with Crippen molar-refractivity contribution in [3.05, 3.63) is 36.1 Å². The molecular formula is C21H30IN3O2. The van der Waals surface area contributed by atoms with Crippen LogP contribution in [-0.2, 0) is 4.74 Å². The van der Waals surface area contributed by atoms with E-state index in [4.69, 9.17) is 9.15 Å². The molecule has 2 heterocycles. The molecule has 4 rings (SSSR count). The monoisotopic (exact) mass is 483 g/mol. The molecule has 1 aliphatic carbocycles. The lowest BCUT2D eigenvalue weighted by Gasteiger charge is -2.60. The largest absolute Gasteiger partial charge is 0.459 e. The summed E-state index contributed by atoms with van der Waals surface area (Å²) in [6.07, 6.45) is 2.73. The van der Waals surface area contributed by atoms with Gasteiger partial charge in [-0.3, -0.25) is 4.99 Å². The van der Waals surface area contributed by atoms with Crippen molar-refractivity contribution in [3.63, 3.8) is 0 Å². The lowest BCUT2D eigenvalue weighted by molar-refractivity contribution is -0.188. The predicted octanol–water partition coefficient (Wildman–Crippen LogP) is 4.48. The third-order valence-corrected chi connectivity index (χ3v) is 6.07. The first-order valence-corrected chi connectivity index (χ1v) is 9.60. The van der Waals surface area contributed by atoms with E-state index in [2.05, 4.69) is 48.5 Å². The number of aliphatic imine (C=N–C) groups is 1. The quantitative estimate of drug-likeness (QED) is 0.384. The van der Waals surface area contributed by atoms with Gasteiger partial charge in [0.2, 0.25) is 0 Å². The van der Waals surface area contributed by atoms with Crippen LogP contribution < -0.4 is 10.6 Å². The molecule has 2 fully saturated rings. The molecule has 0 radical (unpaired) electrons. The first kappa shape index (κ1) is 20.5. The van der Waals surface area contributed by atoms with Gasteiger partial charge < -0.3 is 19.8 Å². The van der Waals surface area contributed by atoms with E-state index in [0.29, 0.717) is 18.1 Å². The summed E-state index contributed by atoms with van der Waals surface area (Å²) in [6.45, 7) is 7.57. The van der Waals surface area contributed by atoms with Crippen LogP contribution in [-0.4, -0.2) is 31.8 Å². The lowest BCUT2D eigenvalue weighted by atomic mass is 9.55. The molecule has 1 aliphatic heterocycles. The van der Waals surface area contributed by atoms with Crippen molar-refractivity contribution in [1.82, 2.24) is 10.6 Å². The van der Waals surface area contributed by atoms with Crippen LogP contribution >= 0.6 is 24.0 Å². The van der Waals surface area contributed by atoms with E-state index in [1.54, 1.807) is 0 Å². The average molecular weight is 483 g/mol. The summed E-state index contributed by atoms with van der Waals surface area (Å²) < 4.78 is 12.0. The normalized spacial score (nSPS) is 27.9. The van der Waals surface area contributed by atoms with Gasteiger partial charge in [0.05, 0.1) is 12.1 Å². The van der Waals surface area contributed by atoms with Gasteiger partial charge in [-0.25, -0.2) is 0 Å². The third kappa shape index (κ3) is 3.70. The van der Waals surface area contributed by atoms with Crippen molar-refractivity contribution in [3.8, 4) is 0 Å². The number of nitrogens with zero attached hydrogens (tertiary/aromatic N) is 1. The Labute approximate surface area is 178 Å². The molecule has 2 aliphatic rings. The highest BCUT2D eigenvalue weighted by Crippen LogP contribution is 2.51. The molecule has 1 saturated heterocycles. The molecule has 0 amide bonds. The van der Waals surface area contributed by atoms with Crippen molar-refractivity contribution >= 4 is 40.9 Å². The van der Waals surface area contributed by atoms with Crippen LogP contribution in [0.5, 0.6) is 0 Å². The molecule has 0 spiro atoms. The van der Waals surface area contributed by atoms with Gasteiger partial charge in [0.1, 0.15) is 11.3 Å². The maximum absolute atomic E-state index is 6.01. The summed E-state index contributed by atoms with van der Waals surface area (Å²) in [5.74, 6) is 2.31. The van der Waals surface area contributed by atoms with Crippen LogP contribution in [0.2, 0.25) is 0 Å². The second kappa shape index (κ2) is 7.99. The van der Waals surface area contributed by atoms with E-state index in [0.717, 1.165) is 35.7 Å². The molecule has 0 bridgehead atoms. The van der Waals surface area contributed by atoms with E-state index in [-0.39, 0.29) is 35.4 Å². The topological polar surface area (TPSA) is 58.8 Å². The van der Waals surface area contributed by atoms with Gasteiger partial charge in [-0.05, 0) is 31.9 Å². The Morgan fingerprint density at radius 2 is 2.07 bits per heavy atom. The molecule has 1 saturated carbocycles.